The van der Waals surface area contributed by atoms with Crippen molar-refractivity contribution in [2.45, 2.75) is 70.8 Å². The Balaban J connectivity index is 1.79. The molecule has 0 bridgehead atoms. The normalized spacial score (nSPS) is 42.8. The van der Waals surface area contributed by atoms with Crippen molar-refractivity contribution in [1.29, 1.82) is 0 Å². The molecule has 0 radical (unpaired) electrons. The largest absolute Gasteiger partial charge is 0.328 e. The van der Waals surface area contributed by atoms with Gasteiger partial charge in [-0.3, -0.25) is 0 Å². The molecule has 0 aromatic carbocycles. The summed E-state index contributed by atoms with van der Waals surface area (Å²) in [6, 6.07) is 0.521. The molecule has 2 atom stereocenters. The van der Waals surface area contributed by atoms with Crippen LogP contribution >= 0.6 is 0 Å². The molecule has 88 valence electrons. The van der Waals surface area contributed by atoms with Gasteiger partial charge in [0.25, 0.3) is 0 Å². The van der Waals surface area contributed by atoms with Crippen LogP contribution in [0.25, 0.3) is 0 Å². The first-order valence-electron chi connectivity index (χ1n) is 7.05. The van der Waals surface area contributed by atoms with E-state index in [0.29, 0.717) is 6.04 Å². The third-order valence-electron chi connectivity index (χ3n) is 4.89. The molecule has 0 heterocycles. The van der Waals surface area contributed by atoms with Crippen LogP contribution in [-0.2, 0) is 0 Å². The molecule has 2 saturated carbocycles. The van der Waals surface area contributed by atoms with Crippen molar-refractivity contribution in [3.63, 3.8) is 0 Å². The minimum absolute atomic E-state index is 0.521. The van der Waals surface area contributed by atoms with Crippen molar-refractivity contribution >= 4 is 0 Å². The molecule has 0 aromatic rings. The summed E-state index contributed by atoms with van der Waals surface area (Å²) in [5.41, 5.74) is 6.09. The van der Waals surface area contributed by atoms with Gasteiger partial charge in [0.1, 0.15) is 0 Å². The fourth-order valence-electron chi connectivity index (χ4n) is 3.76. The van der Waals surface area contributed by atoms with Gasteiger partial charge in [-0.05, 0) is 43.4 Å². The number of rotatable bonds is 2. The molecule has 1 heteroatoms. The van der Waals surface area contributed by atoms with Gasteiger partial charge in [-0.15, -0.1) is 0 Å². The lowest BCUT2D eigenvalue weighted by molar-refractivity contribution is 0.157. The zero-order chi connectivity index (χ0) is 10.7. The molecule has 2 unspecified atom stereocenters. The van der Waals surface area contributed by atoms with Gasteiger partial charge in [0.2, 0.25) is 0 Å². The van der Waals surface area contributed by atoms with E-state index in [1.165, 1.54) is 57.8 Å². The lowest BCUT2D eigenvalue weighted by atomic mass is 9.70. The SMILES string of the molecule is CCC1CCC(C2CCCC(N)C2)CC1. The summed E-state index contributed by atoms with van der Waals surface area (Å²) in [6.45, 7) is 2.35. The molecule has 1 nitrogen and oxygen atoms in total. The van der Waals surface area contributed by atoms with Crippen LogP contribution < -0.4 is 5.73 Å². The summed E-state index contributed by atoms with van der Waals surface area (Å²) in [5.74, 6) is 3.05. The second-order valence-electron chi connectivity index (χ2n) is 5.88. The molecule has 2 rings (SSSR count). The van der Waals surface area contributed by atoms with Gasteiger partial charge >= 0.3 is 0 Å². The highest BCUT2D eigenvalue weighted by molar-refractivity contribution is 4.83. The zero-order valence-electron chi connectivity index (χ0n) is 10.3. The summed E-state index contributed by atoms with van der Waals surface area (Å²) in [5, 5.41) is 0. The smallest absolute Gasteiger partial charge is 0.00415 e. The maximum absolute atomic E-state index is 6.09. The van der Waals surface area contributed by atoms with Gasteiger partial charge in [0, 0.05) is 6.04 Å². The first-order valence-corrected chi connectivity index (χ1v) is 7.05. The average Bonchev–Trinajstić information content (AvgIpc) is 2.29. The quantitative estimate of drug-likeness (QED) is 0.737. The van der Waals surface area contributed by atoms with Gasteiger partial charge < -0.3 is 5.73 Å². The predicted octanol–water partition coefficient (Wildman–Crippen LogP) is 3.72. The Morgan fingerprint density at radius 2 is 1.67 bits per heavy atom. The van der Waals surface area contributed by atoms with Crippen LogP contribution in [0.15, 0.2) is 0 Å². The highest BCUT2D eigenvalue weighted by atomic mass is 14.6. The third-order valence-corrected chi connectivity index (χ3v) is 4.89. The van der Waals surface area contributed by atoms with Crippen molar-refractivity contribution in [1.82, 2.24) is 0 Å². The van der Waals surface area contributed by atoms with Crippen LogP contribution in [-0.4, -0.2) is 6.04 Å². The van der Waals surface area contributed by atoms with E-state index in [-0.39, 0.29) is 0 Å². The van der Waals surface area contributed by atoms with Crippen LogP contribution in [0.2, 0.25) is 0 Å². The van der Waals surface area contributed by atoms with E-state index in [0.717, 1.165) is 17.8 Å². The molecule has 2 fully saturated rings. The van der Waals surface area contributed by atoms with Gasteiger partial charge in [-0.25, -0.2) is 0 Å². The van der Waals surface area contributed by atoms with E-state index in [1.807, 2.05) is 0 Å². The highest BCUT2D eigenvalue weighted by Crippen LogP contribution is 2.40. The molecule has 0 amide bonds. The van der Waals surface area contributed by atoms with E-state index in [1.54, 1.807) is 0 Å². The summed E-state index contributed by atoms with van der Waals surface area (Å²) >= 11 is 0. The van der Waals surface area contributed by atoms with Crippen molar-refractivity contribution in [2.75, 3.05) is 0 Å². The molecule has 2 aliphatic rings. The Labute approximate surface area is 94.8 Å². The number of nitrogens with two attached hydrogens (primary N) is 1. The Morgan fingerprint density at radius 1 is 0.933 bits per heavy atom. The topological polar surface area (TPSA) is 26.0 Å². The number of hydrogen-bond acceptors (Lipinski definition) is 1. The molecule has 2 aliphatic carbocycles. The first-order chi connectivity index (χ1) is 7.29. The highest BCUT2D eigenvalue weighted by Gasteiger charge is 2.29. The van der Waals surface area contributed by atoms with Crippen LogP contribution in [0, 0.1) is 17.8 Å². The fraction of sp³-hybridized carbons (Fsp3) is 1.00. The fourth-order valence-corrected chi connectivity index (χ4v) is 3.76. The molecule has 0 spiro atoms. The van der Waals surface area contributed by atoms with Crippen molar-refractivity contribution in [3.8, 4) is 0 Å². The van der Waals surface area contributed by atoms with E-state index < -0.39 is 0 Å². The van der Waals surface area contributed by atoms with E-state index in [9.17, 15) is 0 Å². The molecule has 0 saturated heterocycles. The summed E-state index contributed by atoms with van der Waals surface area (Å²) in [4.78, 5) is 0. The maximum Gasteiger partial charge on any atom is 0.00415 e. The zero-order valence-corrected chi connectivity index (χ0v) is 10.3. The second-order valence-corrected chi connectivity index (χ2v) is 5.88. The van der Waals surface area contributed by atoms with E-state index >= 15 is 0 Å². The van der Waals surface area contributed by atoms with Crippen molar-refractivity contribution < 1.29 is 0 Å². The van der Waals surface area contributed by atoms with Gasteiger partial charge in [-0.2, -0.15) is 0 Å². The van der Waals surface area contributed by atoms with Crippen LogP contribution in [0.4, 0.5) is 0 Å². The summed E-state index contributed by atoms with van der Waals surface area (Å²) in [6.07, 6.45) is 12.8. The molecular formula is C14H27N. The summed E-state index contributed by atoms with van der Waals surface area (Å²) < 4.78 is 0. The van der Waals surface area contributed by atoms with E-state index in [4.69, 9.17) is 5.73 Å². The lowest BCUT2D eigenvalue weighted by Gasteiger charge is -2.37. The Hall–Kier alpha value is -0.0400. The van der Waals surface area contributed by atoms with Gasteiger partial charge in [0.05, 0.1) is 0 Å². The standard InChI is InChI=1S/C14H27N/c1-2-11-6-8-12(9-7-11)13-4-3-5-14(15)10-13/h11-14H,2-10,15H2,1H3. The Kier molecular flexibility index (Phi) is 4.07. The maximum atomic E-state index is 6.09. The van der Waals surface area contributed by atoms with Crippen LogP contribution in [0.3, 0.4) is 0 Å². The van der Waals surface area contributed by atoms with Gasteiger partial charge in [-0.1, -0.05) is 39.0 Å². The molecule has 2 N–H and O–H groups in total. The van der Waals surface area contributed by atoms with Crippen molar-refractivity contribution in [2.24, 2.45) is 23.5 Å². The second kappa shape index (κ2) is 5.34. The monoisotopic (exact) mass is 209 g/mol. The minimum atomic E-state index is 0.521. The number of hydrogen-bond donors (Lipinski definition) is 1. The molecule has 0 aromatic heterocycles. The molecular weight excluding hydrogens is 182 g/mol. The van der Waals surface area contributed by atoms with Crippen LogP contribution in [0.1, 0.15) is 64.7 Å². The Bertz CT molecular complexity index is 182. The summed E-state index contributed by atoms with van der Waals surface area (Å²) in [7, 11) is 0. The minimum Gasteiger partial charge on any atom is -0.328 e. The molecule has 15 heavy (non-hydrogen) atoms. The predicted molar refractivity (Wildman–Crippen MR) is 65.7 cm³/mol. The van der Waals surface area contributed by atoms with Crippen LogP contribution in [0.5, 0.6) is 0 Å². The van der Waals surface area contributed by atoms with Gasteiger partial charge in [0.15, 0.2) is 0 Å². The molecule has 0 aliphatic heterocycles. The lowest BCUT2D eigenvalue weighted by Crippen LogP contribution is -2.32. The first kappa shape index (κ1) is 11.4. The van der Waals surface area contributed by atoms with Crippen molar-refractivity contribution in [3.05, 3.63) is 0 Å². The average molecular weight is 209 g/mol. The third kappa shape index (κ3) is 2.96. The Morgan fingerprint density at radius 3 is 2.27 bits per heavy atom. The van der Waals surface area contributed by atoms with E-state index in [2.05, 4.69) is 6.92 Å².